The van der Waals surface area contributed by atoms with Crippen LogP contribution >= 0.6 is 11.3 Å². The van der Waals surface area contributed by atoms with Crippen LogP contribution in [0.5, 0.6) is 0 Å². The number of fused-ring (bicyclic) bond motifs is 4. The maximum Gasteiger partial charge on any atom is 0.226 e. The van der Waals surface area contributed by atoms with Crippen LogP contribution in [0.2, 0.25) is 0 Å². The lowest BCUT2D eigenvalue weighted by Gasteiger charge is -2.23. The summed E-state index contributed by atoms with van der Waals surface area (Å²) in [6, 6.07) is 2.59. The standard InChI is InChI=1S/C11H13NOS/c1-2-12-9-5-7(11(12)13)6-10-8(9)3-4-14-10/h3-4,7,9H,2,5-6H2,1H3. The van der Waals surface area contributed by atoms with Crippen LogP contribution in [-0.2, 0) is 11.2 Å². The average Bonchev–Trinajstić information content (AvgIpc) is 2.74. The summed E-state index contributed by atoms with van der Waals surface area (Å²) in [5.41, 5.74) is 1.42. The summed E-state index contributed by atoms with van der Waals surface area (Å²) >= 11 is 1.81. The minimum absolute atomic E-state index is 0.283. The Morgan fingerprint density at radius 3 is 3.29 bits per heavy atom. The summed E-state index contributed by atoms with van der Waals surface area (Å²) in [7, 11) is 0. The maximum absolute atomic E-state index is 11.9. The highest BCUT2D eigenvalue weighted by molar-refractivity contribution is 7.10. The van der Waals surface area contributed by atoms with Crippen LogP contribution in [0.3, 0.4) is 0 Å². The summed E-state index contributed by atoms with van der Waals surface area (Å²) in [6.45, 7) is 2.93. The molecule has 1 aliphatic heterocycles. The molecule has 0 spiro atoms. The first kappa shape index (κ1) is 8.48. The lowest BCUT2D eigenvalue weighted by atomic mass is 9.90. The molecule has 0 radical (unpaired) electrons. The zero-order valence-electron chi connectivity index (χ0n) is 8.19. The fourth-order valence-corrected chi connectivity index (χ4v) is 3.78. The molecule has 1 aliphatic carbocycles. The zero-order valence-corrected chi connectivity index (χ0v) is 9.01. The Hall–Kier alpha value is -0.830. The normalized spacial score (nSPS) is 29.5. The van der Waals surface area contributed by atoms with Gasteiger partial charge >= 0.3 is 0 Å². The Morgan fingerprint density at radius 2 is 2.50 bits per heavy atom. The second-order valence-corrected chi connectivity index (χ2v) is 5.08. The van der Waals surface area contributed by atoms with Gasteiger partial charge in [0.1, 0.15) is 0 Å². The number of carbonyl (C=O) groups excluding carboxylic acids is 1. The molecule has 2 heterocycles. The summed E-state index contributed by atoms with van der Waals surface area (Å²) in [4.78, 5) is 15.4. The summed E-state index contributed by atoms with van der Waals surface area (Å²) in [5, 5.41) is 2.16. The third-order valence-corrected chi connectivity index (χ3v) is 4.39. The van der Waals surface area contributed by atoms with Crippen LogP contribution in [0.4, 0.5) is 0 Å². The first-order valence-corrected chi connectivity index (χ1v) is 6.06. The minimum atomic E-state index is 0.283. The predicted octanol–water partition coefficient (Wildman–Crippen LogP) is 2.21. The first-order valence-electron chi connectivity index (χ1n) is 5.18. The summed E-state index contributed by atoms with van der Waals surface area (Å²) in [6.07, 6.45) is 2.04. The maximum atomic E-state index is 11.9. The van der Waals surface area contributed by atoms with E-state index in [9.17, 15) is 4.79 Å². The fraction of sp³-hybridized carbons (Fsp3) is 0.545. The highest BCUT2D eigenvalue weighted by atomic mass is 32.1. The van der Waals surface area contributed by atoms with Gasteiger partial charge in [-0.15, -0.1) is 11.3 Å². The van der Waals surface area contributed by atoms with Gasteiger partial charge in [-0.05, 0) is 36.8 Å². The summed E-state index contributed by atoms with van der Waals surface area (Å²) in [5.74, 6) is 0.659. The molecule has 2 bridgehead atoms. The molecule has 3 heteroatoms. The Bertz CT molecular complexity index is 384. The Morgan fingerprint density at radius 1 is 1.64 bits per heavy atom. The van der Waals surface area contributed by atoms with Crippen molar-refractivity contribution in [3.8, 4) is 0 Å². The van der Waals surface area contributed by atoms with E-state index in [-0.39, 0.29) is 5.92 Å². The highest BCUT2D eigenvalue weighted by Crippen LogP contribution is 2.45. The molecule has 2 nitrogen and oxygen atoms in total. The van der Waals surface area contributed by atoms with Gasteiger partial charge in [-0.3, -0.25) is 4.79 Å². The van der Waals surface area contributed by atoms with Crippen molar-refractivity contribution in [3.05, 3.63) is 21.9 Å². The van der Waals surface area contributed by atoms with Crippen molar-refractivity contribution in [3.63, 3.8) is 0 Å². The van der Waals surface area contributed by atoms with Crippen LogP contribution in [0.1, 0.15) is 29.8 Å². The van der Waals surface area contributed by atoms with Gasteiger partial charge in [0.2, 0.25) is 5.91 Å². The van der Waals surface area contributed by atoms with E-state index in [0.717, 1.165) is 19.4 Å². The van der Waals surface area contributed by atoms with E-state index in [0.29, 0.717) is 11.9 Å². The van der Waals surface area contributed by atoms with E-state index in [1.165, 1.54) is 10.4 Å². The number of carbonyl (C=O) groups is 1. The van der Waals surface area contributed by atoms with Crippen LogP contribution in [-0.4, -0.2) is 17.4 Å². The van der Waals surface area contributed by atoms with Gasteiger partial charge in [0, 0.05) is 17.3 Å². The van der Waals surface area contributed by atoms with Crippen LogP contribution in [0, 0.1) is 5.92 Å². The van der Waals surface area contributed by atoms with Crippen LogP contribution < -0.4 is 0 Å². The van der Waals surface area contributed by atoms with Crippen molar-refractivity contribution in [1.29, 1.82) is 0 Å². The number of hydrogen-bond donors (Lipinski definition) is 0. The molecular formula is C11H13NOS. The van der Waals surface area contributed by atoms with Gasteiger partial charge in [-0.1, -0.05) is 0 Å². The molecule has 0 N–H and O–H groups in total. The molecular weight excluding hydrogens is 194 g/mol. The van der Waals surface area contributed by atoms with Crippen molar-refractivity contribution in [2.75, 3.05) is 6.54 Å². The fourth-order valence-electron chi connectivity index (χ4n) is 2.76. The molecule has 14 heavy (non-hydrogen) atoms. The van der Waals surface area contributed by atoms with E-state index < -0.39 is 0 Å². The zero-order chi connectivity index (χ0) is 9.71. The number of rotatable bonds is 1. The van der Waals surface area contributed by atoms with Crippen LogP contribution in [0.15, 0.2) is 11.4 Å². The Labute approximate surface area is 87.5 Å². The second-order valence-electron chi connectivity index (χ2n) is 4.08. The lowest BCUT2D eigenvalue weighted by Crippen LogP contribution is -2.27. The van der Waals surface area contributed by atoms with Crippen LogP contribution in [0.25, 0.3) is 0 Å². The van der Waals surface area contributed by atoms with Crippen molar-refractivity contribution in [1.82, 2.24) is 4.90 Å². The molecule has 2 atom stereocenters. The Balaban J connectivity index is 2.08. The van der Waals surface area contributed by atoms with Crippen molar-refractivity contribution >= 4 is 17.2 Å². The molecule has 1 aromatic heterocycles. The smallest absolute Gasteiger partial charge is 0.226 e. The van der Waals surface area contributed by atoms with Gasteiger partial charge in [0.15, 0.2) is 0 Å². The predicted molar refractivity (Wildman–Crippen MR) is 56.3 cm³/mol. The number of thiophene rings is 1. The number of nitrogens with zero attached hydrogens (tertiary/aromatic N) is 1. The number of amides is 1. The molecule has 0 saturated carbocycles. The van der Waals surface area contributed by atoms with E-state index in [4.69, 9.17) is 0 Å². The van der Waals surface area contributed by atoms with E-state index >= 15 is 0 Å². The quantitative estimate of drug-likeness (QED) is 0.691. The highest BCUT2D eigenvalue weighted by Gasteiger charge is 2.44. The Kier molecular flexibility index (Phi) is 1.71. The van der Waals surface area contributed by atoms with E-state index in [1.807, 2.05) is 16.2 Å². The van der Waals surface area contributed by atoms with E-state index in [1.54, 1.807) is 0 Å². The number of hydrogen-bond acceptors (Lipinski definition) is 2. The van der Waals surface area contributed by atoms with Gasteiger partial charge < -0.3 is 4.90 Å². The molecule has 3 rings (SSSR count). The topological polar surface area (TPSA) is 20.3 Å². The molecule has 1 saturated heterocycles. The van der Waals surface area contributed by atoms with Gasteiger partial charge in [0.25, 0.3) is 0 Å². The third kappa shape index (κ3) is 0.934. The first-order chi connectivity index (χ1) is 6.81. The molecule has 1 fully saturated rings. The minimum Gasteiger partial charge on any atom is -0.336 e. The molecule has 2 aliphatic rings. The van der Waals surface area contributed by atoms with Gasteiger partial charge in [0.05, 0.1) is 6.04 Å². The van der Waals surface area contributed by atoms with Crippen molar-refractivity contribution < 1.29 is 4.79 Å². The molecule has 1 aromatic rings. The van der Waals surface area contributed by atoms with Gasteiger partial charge in [-0.2, -0.15) is 0 Å². The largest absolute Gasteiger partial charge is 0.336 e. The lowest BCUT2D eigenvalue weighted by molar-refractivity contribution is -0.131. The molecule has 2 unspecified atom stereocenters. The SMILES string of the molecule is CCN1C(=O)C2Cc3sccc3C1C2. The molecule has 74 valence electrons. The third-order valence-electron chi connectivity index (χ3n) is 3.43. The van der Waals surface area contributed by atoms with E-state index in [2.05, 4.69) is 18.4 Å². The molecule has 1 amide bonds. The van der Waals surface area contributed by atoms with Gasteiger partial charge in [-0.25, -0.2) is 0 Å². The van der Waals surface area contributed by atoms with Crippen molar-refractivity contribution in [2.24, 2.45) is 5.92 Å². The summed E-state index contributed by atoms with van der Waals surface area (Å²) < 4.78 is 0. The second kappa shape index (κ2) is 2.83. The molecule has 0 aromatic carbocycles. The average molecular weight is 207 g/mol. The monoisotopic (exact) mass is 207 g/mol. The number of likely N-dealkylation sites (tertiary alicyclic amines) is 1. The van der Waals surface area contributed by atoms with Crippen molar-refractivity contribution in [2.45, 2.75) is 25.8 Å².